The van der Waals surface area contributed by atoms with E-state index in [1.807, 2.05) is 31.3 Å². The summed E-state index contributed by atoms with van der Waals surface area (Å²) >= 11 is 0. The zero-order chi connectivity index (χ0) is 8.55. The van der Waals surface area contributed by atoms with Gasteiger partial charge in [-0.2, -0.15) is 0 Å². The second kappa shape index (κ2) is 2.48. The minimum Gasteiger partial charge on any atom is -0.362 e. The summed E-state index contributed by atoms with van der Waals surface area (Å²) in [5, 5.41) is 1.06. The van der Waals surface area contributed by atoms with Gasteiger partial charge in [0.15, 0.2) is 0 Å². The van der Waals surface area contributed by atoms with E-state index in [9.17, 15) is 0 Å². The van der Waals surface area contributed by atoms with Crippen molar-refractivity contribution in [2.75, 3.05) is 19.0 Å². The Hall–Kier alpha value is -1.58. The second-order valence-electron chi connectivity index (χ2n) is 2.83. The summed E-state index contributed by atoms with van der Waals surface area (Å²) in [7, 11) is 3.93. The number of H-pyrrole nitrogens is 1. The van der Waals surface area contributed by atoms with Crippen LogP contribution in [-0.2, 0) is 0 Å². The Balaban J connectivity index is 2.73. The lowest BCUT2D eigenvalue weighted by atomic mass is 10.3. The van der Waals surface area contributed by atoms with Crippen molar-refractivity contribution in [1.82, 2.24) is 15.0 Å². The molecule has 0 aliphatic rings. The molecule has 0 aromatic carbocycles. The van der Waals surface area contributed by atoms with Crippen molar-refractivity contribution in [1.29, 1.82) is 0 Å². The van der Waals surface area contributed by atoms with Crippen LogP contribution in [0.2, 0.25) is 0 Å². The van der Waals surface area contributed by atoms with Crippen molar-refractivity contribution in [3.8, 4) is 0 Å². The number of hydrogen-bond acceptors (Lipinski definition) is 3. The Morgan fingerprint density at radius 2 is 2.17 bits per heavy atom. The van der Waals surface area contributed by atoms with Gasteiger partial charge in [0.1, 0.15) is 17.8 Å². The topological polar surface area (TPSA) is 44.8 Å². The highest BCUT2D eigenvalue weighted by Gasteiger charge is 2.04. The highest BCUT2D eigenvalue weighted by Crippen LogP contribution is 2.18. The lowest BCUT2D eigenvalue weighted by Crippen LogP contribution is -2.10. The summed E-state index contributed by atoms with van der Waals surface area (Å²) < 4.78 is 0. The molecule has 0 saturated carbocycles. The fourth-order valence-electron chi connectivity index (χ4n) is 1.22. The standard InChI is InChI=1S/C8H10N4/c1-12(2)8-6-3-4-9-7(6)10-5-11-8/h3-5H,1-2H3,(H,9,10,11). The lowest BCUT2D eigenvalue weighted by molar-refractivity contribution is 1.06. The van der Waals surface area contributed by atoms with Crippen LogP contribution in [0.15, 0.2) is 18.6 Å². The Bertz CT molecular complexity index is 391. The molecular weight excluding hydrogens is 152 g/mol. The molecule has 0 atom stereocenters. The number of nitrogens with zero attached hydrogens (tertiary/aromatic N) is 3. The number of fused-ring (bicyclic) bond motifs is 1. The van der Waals surface area contributed by atoms with Crippen molar-refractivity contribution in [2.45, 2.75) is 0 Å². The first kappa shape index (κ1) is 7.09. The normalized spacial score (nSPS) is 10.5. The predicted molar refractivity (Wildman–Crippen MR) is 48.2 cm³/mol. The van der Waals surface area contributed by atoms with Gasteiger partial charge in [0.25, 0.3) is 0 Å². The molecule has 2 aromatic rings. The van der Waals surface area contributed by atoms with Gasteiger partial charge in [-0.1, -0.05) is 0 Å². The predicted octanol–water partition coefficient (Wildman–Crippen LogP) is 1.02. The van der Waals surface area contributed by atoms with E-state index in [1.165, 1.54) is 0 Å². The van der Waals surface area contributed by atoms with Gasteiger partial charge < -0.3 is 9.88 Å². The van der Waals surface area contributed by atoms with Gasteiger partial charge in [-0.25, -0.2) is 9.97 Å². The maximum absolute atomic E-state index is 4.17. The number of nitrogens with one attached hydrogen (secondary N) is 1. The maximum Gasteiger partial charge on any atom is 0.142 e. The van der Waals surface area contributed by atoms with Crippen LogP contribution in [-0.4, -0.2) is 29.0 Å². The highest BCUT2D eigenvalue weighted by atomic mass is 15.1. The van der Waals surface area contributed by atoms with Gasteiger partial charge in [0.2, 0.25) is 0 Å². The van der Waals surface area contributed by atoms with Crippen molar-refractivity contribution >= 4 is 16.9 Å². The average molecular weight is 162 g/mol. The van der Waals surface area contributed by atoms with Gasteiger partial charge in [0.05, 0.1) is 5.39 Å². The monoisotopic (exact) mass is 162 g/mol. The van der Waals surface area contributed by atoms with Crippen LogP contribution < -0.4 is 4.90 Å². The molecule has 0 bridgehead atoms. The van der Waals surface area contributed by atoms with Crippen LogP contribution in [0.5, 0.6) is 0 Å². The zero-order valence-corrected chi connectivity index (χ0v) is 7.07. The van der Waals surface area contributed by atoms with Gasteiger partial charge >= 0.3 is 0 Å². The third kappa shape index (κ3) is 0.922. The molecule has 2 rings (SSSR count). The van der Waals surface area contributed by atoms with Crippen molar-refractivity contribution in [2.24, 2.45) is 0 Å². The number of aromatic nitrogens is 3. The summed E-state index contributed by atoms with van der Waals surface area (Å²) in [6, 6.07) is 1.98. The molecule has 0 radical (unpaired) electrons. The Labute approximate surface area is 70.3 Å². The second-order valence-corrected chi connectivity index (χ2v) is 2.83. The summed E-state index contributed by atoms with van der Waals surface area (Å²) in [6.07, 6.45) is 3.43. The average Bonchev–Trinajstić information content (AvgIpc) is 2.49. The summed E-state index contributed by atoms with van der Waals surface area (Å²) in [5.74, 6) is 0.946. The number of hydrogen-bond donors (Lipinski definition) is 1. The van der Waals surface area contributed by atoms with Gasteiger partial charge in [-0.05, 0) is 6.07 Å². The first-order chi connectivity index (χ1) is 5.79. The smallest absolute Gasteiger partial charge is 0.142 e. The fourth-order valence-corrected chi connectivity index (χ4v) is 1.22. The Morgan fingerprint density at radius 1 is 1.33 bits per heavy atom. The highest BCUT2D eigenvalue weighted by molar-refractivity contribution is 5.86. The van der Waals surface area contributed by atoms with Crippen LogP contribution in [0.1, 0.15) is 0 Å². The molecule has 2 heterocycles. The van der Waals surface area contributed by atoms with E-state index in [-0.39, 0.29) is 0 Å². The molecule has 0 fully saturated rings. The summed E-state index contributed by atoms with van der Waals surface area (Å²) in [5.41, 5.74) is 0.883. The van der Waals surface area contributed by atoms with Crippen LogP contribution in [0.4, 0.5) is 5.82 Å². The van der Waals surface area contributed by atoms with Crippen LogP contribution in [0, 0.1) is 0 Å². The van der Waals surface area contributed by atoms with Gasteiger partial charge in [-0.3, -0.25) is 0 Å². The van der Waals surface area contributed by atoms with E-state index >= 15 is 0 Å². The van der Waals surface area contributed by atoms with Crippen LogP contribution in [0.25, 0.3) is 11.0 Å². The molecular formula is C8H10N4. The number of aromatic amines is 1. The quantitative estimate of drug-likeness (QED) is 0.681. The third-order valence-electron chi connectivity index (χ3n) is 1.76. The molecule has 12 heavy (non-hydrogen) atoms. The third-order valence-corrected chi connectivity index (χ3v) is 1.76. The Morgan fingerprint density at radius 3 is 2.92 bits per heavy atom. The molecule has 4 nitrogen and oxygen atoms in total. The maximum atomic E-state index is 4.17. The van der Waals surface area contributed by atoms with Crippen LogP contribution >= 0.6 is 0 Å². The molecule has 0 unspecified atom stereocenters. The Kier molecular flexibility index (Phi) is 1.46. The lowest BCUT2D eigenvalue weighted by Gasteiger charge is -2.10. The zero-order valence-electron chi connectivity index (χ0n) is 7.07. The molecule has 4 heteroatoms. The SMILES string of the molecule is CN(C)c1ncnc2[nH]ccc12. The minimum absolute atomic E-state index is 0.883. The first-order valence-electron chi connectivity index (χ1n) is 3.74. The van der Waals surface area contributed by atoms with Gasteiger partial charge in [0, 0.05) is 20.3 Å². The molecule has 0 aliphatic carbocycles. The van der Waals surface area contributed by atoms with E-state index in [0.29, 0.717) is 0 Å². The van der Waals surface area contributed by atoms with E-state index in [2.05, 4.69) is 15.0 Å². The molecule has 0 spiro atoms. The molecule has 0 aliphatic heterocycles. The van der Waals surface area contributed by atoms with E-state index < -0.39 is 0 Å². The largest absolute Gasteiger partial charge is 0.362 e. The molecule has 0 saturated heterocycles. The van der Waals surface area contributed by atoms with Crippen molar-refractivity contribution in [3.05, 3.63) is 18.6 Å². The van der Waals surface area contributed by atoms with E-state index in [0.717, 1.165) is 16.9 Å². The van der Waals surface area contributed by atoms with Gasteiger partial charge in [-0.15, -0.1) is 0 Å². The van der Waals surface area contributed by atoms with E-state index in [1.54, 1.807) is 6.33 Å². The summed E-state index contributed by atoms with van der Waals surface area (Å²) in [6.45, 7) is 0. The molecule has 0 amide bonds. The summed E-state index contributed by atoms with van der Waals surface area (Å²) in [4.78, 5) is 13.3. The van der Waals surface area contributed by atoms with Crippen molar-refractivity contribution in [3.63, 3.8) is 0 Å². The molecule has 2 aromatic heterocycles. The molecule has 62 valence electrons. The molecule has 1 N–H and O–H groups in total. The number of anilines is 1. The fraction of sp³-hybridized carbons (Fsp3) is 0.250. The first-order valence-corrected chi connectivity index (χ1v) is 3.74. The van der Waals surface area contributed by atoms with Crippen LogP contribution in [0.3, 0.4) is 0 Å². The number of rotatable bonds is 1. The van der Waals surface area contributed by atoms with E-state index in [4.69, 9.17) is 0 Å². The van der Waals surface area contributed by atoms with Crippen molar-refractivity contribution < 1.29 is 0 Å². The minimum atomic E-state index is 0.883.